The van der Waals surface area contributed by atoms with E-state index in [4.69, 9.17) is 9.05 Å². The first-order valence-electron chi connectivity index (χ1n) is 7.16. The molecule has 3 aromatic heterocycles. The van der Waals surface area contributed by atoms with Crippen LogP contribution in [0.2, 0.25) is 0 Å². The van der Waals surface area contributed by atoms with Gasteiger partial charge in [0.2, 0.25) is 5.89 Å². The van der Waals surface area contributed by atoms with Crippen molar-refractivity contribution in [2.45, 2.75) is 25.7 Å². The summed E-state index contributed by atoms with van der Waals surface area (Å²) in [6.07, 6.45) is 1.47. The van der Waals surface area contributed by atoms with E-state index in [2.05, 4.69) is 35.8 Å². The number of aryl methyl sites for hydroxylation is 1. The third-order valence-corrected chi connectivity index (χ3v) is 3.67. The van der Waals surface area contributed by atoms with E-state index >= 15 is 0 Å². The molecule has 1 unspecified atom stereocenters. The van der Waals surface area contributed by atoms with E-state index in [-0.39, 0.29) is 0 Å². The lowest BCUT2D eigenvalue weighted by Gasteiger charge is -2.02. The molecule has 2 N–H and O–H groups in total. The highest BCUT2D eigenvalue weighted by molar-refractivity contribution is 5.47. The normalized spacial score (nSPS) is 18.1. The lowest BCUT2D eigenvalue weighted by atomic mass is 10.1. The second kappa shape index (κ2) is 5.34. The number of H-pyrrole nitrogens is 1. The SMILES string of the molecule is Cc1nc(Cc2noc(-c3cc(C4CCNC4)[nH]n3)n2)no1. The van der Waals surface area contributed by atoms with Crippen molar-refractivity contribution in [3.8, 4) is 11.6 Å². The Labute approximate surface area is 125 Å². The summed E-state index contributed by atoms with van der Waals surface area (Å²) in [5, 5.41) is 18.4. The largest absolute Gasteiger partial charge is 0.340 e. The monoisotopic (exact) mass is 301 g/mol. The summed E-state index contributed by atoms with van der Waals surface area (Å²) in [6, 6.07) is 1.97. The molecule has 1 fully saturated rings. The number of aromatic amines is 1. The van der Waals surface area contributed by atoms with Crippen LogP contribution in [0.15, 0.2) is 15.1 Å². The number of nitrogens with zero attached hydrogens (tertiary/aromatic N) is 5. The molecule has 3 aromatic rings. The number of hydrogen-bond acceptors (Lipinski definition) is 8. The molecule has 0 saturated carbocycles. The van der Waals surface area contributed by atoms with Crippen LogP contribution in [0.3, 0.4) is 0 Å². The Hall–Kier alpha value is -2.55. The fourth-order valence-corrected chi connectivity index (χ4v) is 2.56. The van der Waals surface area contributed by atoms with Crippen LogP contribution in [-0.4, -0.2) is 43.6 Å². The molecule has 0 aliphatic carbocycles. The molecule has 4 rings (SSSR count). The highest BCUT2D eigenvalue weighted by Gasteiger charge is 2.21. The molecular formula is C13H15N7O2. The lowest BCUT2D eigenvalue weighted by Crippen LogP contribution is -2.08. The minimum absolute atomic E-state index is 0.366. The highest BCUT2D eigenvalue weighted by atomic mass is 16.5. The molecule has 1 aliphatic rings. The number of nitrogens with one attached hydrogen (secondary N) is 2. The Bertz CT molecular complexity index is 769. The van der Waals surface area contributed by atoms with E-state index in [0.29, 0.717) is 41.5 Å². The first-order valence-corrected chi connectivity index (χ1v) is 7.16. The van der Waals surface area contributed by atoms with E-state index in [1.807, 2.05) is 6.07 Å². The Balaban J connectivity index is 1.51. The standard InChI is InChI=1S/C13H15N7O2/c1-7-15-11(19-21-7)5-12-16-13(22-20-12)10-4-9(17-18-10)8-2-3-14-6-8/h4,8,14H,2-3,5-6H2,1H3,(H,17,18). The second-order valence-electron chi connectivity index (χ2n) is 5.32. The van der Waals surface area contributed by atoms with Gasteiger partial charge in [-0.05, 0) is 19.0 Å². The molecular weight excluding hydrogens is 286 g/mol. The molecule has 1 atom stereocenters. The van der Waals surface area contributed by atoms with E-state index in [9.17, 15) is 0 Å². The summed E-state index contributed by atoms with van der Waals surface area (Å²) in [5.41, 5.74) is 1.75. The lowest BCUT2D eigenvalue weighted by molar-refractivity contribution is 0.387. The molecule has 0 amide bonds. The molecule has 4 heterocycles. The minimum atomic E-state index is 0.366. The van der Waals surface area contributed by atoms with Crippen molar-refractivity contribution in [2.24, 2.45) is 0 Å². The van der Waals surface area contributed by atoms with Crippen LogP contribution >= 0.6 is 0 Å². The van der Waals surface area contributed by atoms with Gasteiger partial charge in [-0.25, -0.2) is 0 Å². The molecule has 9 heteroatoms. The van der Waals surface area contributed by atoms with Gasteiger partial charge in [0.25, 0.3) is 5.89 Å². The predicted molar refractivity (Wildman–Crippen MR) is 73.9 cm³/mol. The zero-order chi connectivity index (χ0) is 14.9. The maximum Gasteiger partial charge on any atom is 0.278 e. The van der Waals surface area contributed by atoms with Gasteiger partial charge in [0.15, 0.2) is 17.3 Å². The van der Waals surface area contributed by atoms with Crippen molar-refractivity contribution < 1.29 is 9.05 Å². The van der Waals surface area contributed by atoms with E-state index in [1.165, 1.54) is 0 Å². The van der Waals surface area contributed by atoms with Gasteiger partial charge in [-0.2, -0.15) is 15.1 Å². The Morgan fingerprint density at radius 1 is 1.23 bits per heavy atom. The highest BCUT2D eigenvalue weighted by Crippen LogP contribution is 2.24. The predicted octanol–water partition coefficient (Wildman–Crippen LogP) is 0.819. The molecule has 1 aliphatic heterocycles. The van der Waals surface area contributed by atoms with Gasteiger partial charge in [0, 0.05) is 25.1 Å². The van der Waals surface area contributed by atoms with Crippen LogP contribution in [0.5, 0.6) is 0 Å². The number of aromatic nitrogens is 6. The molecule has 0 radical (unpaired) electrons. The zero-order valence-corrected chi connectivity index (χ0v) is 12.0. The molecule has 0 aromatic carbocycles. The fourth-order valence-electron chi connectivity index (χ4n) is 2.56. The molecule has 114 valence electrons. The van der Waals surface area contributed by atoms with E-state index in [1.54, 1.807) is 6.92 Å². The topological polar surface area (TPSA) is 119 Å². The molecule has 0 bridgehead atoms. The second-order valence-corrected chi connectivity index (χ2v) is 5.32. The molecule has 0 spiro atoms. The summed E-state index contributed by atoms with van der Waals surface area (Å²) in [6.45, 7) is 3.74. The minimum Gasteiger partial charge on any atom is -0.340 e. The quantitative estimate of drug-likeness (QED) is 0.727. The van der Waals surface area contributed by atoms with Crippen molar-refractivity contribution in [2.75, 3.05) is 13.1 Å². The first kappa shape index (κ1) is 13.1. The first-order chi connectivity index (χ1) is 10.8. The molecule has 22 heavy (non-hydrogen) atoms. The van der Waals surface area contributed by atoms with Crippen LogP contribution in [0, 0.1) is 6.92 Å². The number of rotatable bonds is 4. The smallest absolute Gasteiger partial charge is 0.278 e. The Morgan fingerprint density at radius 3 is 2.86 bits per heavy atom. The summed E-state index contributed by atoms with van der Waals surface area (Å²) < 4.78 is 10.2. The summed E-state index contributed by atoms with van der Waals surface area (Å²) in [5.74, 6) is 2.41. The van der Waals surface area contributed by atoms with Gasteiger partial charge in [0.1, 0.15) is 0 Å². The maximum atomic E-state index is 5.26. The van der Waals surface area contributed by atoms with Gasteiger partial charge in [-0.1, -0.05) is 10.3 Å². The number of hydrogen-bond donors (Lipinski definition) is 2. The fraction of sp³-hybridized carbons (Fsp3) is 0.462. The average molecular weight is 301 g/mol. The van der Waals surface area contributed by atoms with Crippen molar-refractivity contribution in [3.63, 3.8) is 0 Å². The van der Waals surface area contributed by atoms with Gasteiger partial charge < -0.3 is 14.4 Å². The van der Waals surface area contributed by atoms with Gasteiger partial charge in [0.05, 0.1) is 6.42 Å². The van der Waals surface area contributed by atoms with E-state index < -0.39 is 0 Å². The van der Waals surface area contributed by atoms with Crippen LogP contribution in [0.1, 0.15) is 35.6 Å². The summed E-state index contributed by atoms with van der Waals surface area (Å²) in [4.78, 5) is 8.44. The van der Waals surface area contributed by atoms with Crippen LogP contribution < -0.4 is 5.32 Å². The zero-order valence-electron chi connectivity index (χ0n) is 12.0. The van der Waals surface area contributed by atoms with Crippen molar-refractivity contribution in [1.29, 1.82) is 0 Å². The van der Waals surface area contributed by atoms with Crippen molar-refractivity contribution in [3.05, 3.63) is 29.3 Å². The summed E-state index contributed by atoms with van der Waals surface area (Å²) in [7, 11) is 0. The third-order valence-electron chi connectivity index (χ3n) is 3.67. The average Bonchev–Trinajstić information content (AvgIpc) is 3.26. The van der Waals surface area contributed by atoms with Gasteiger partial charge in [-0.15, -0.1) is 0 Å². The van der Waals surface area contributed by atoms with Crippen molar-refractivity contribution >= 4 is 0 Å². The van der Waals surface area contributed by atoms with Gasteiger partial charge >= 0.3 is 0 Å². The van der Waals surface area contributed by atoms with Crippen molar-refractivity contribution in [1.82, 2.24) is 35.8 Å². The van der Waals surface area contributed by atoms with Crippen LogP contribution in [-0.2, 0) is 6.42 Å². The maximum absolute atomic E-state index is 5.26. The molecule has 1 saturated heterocycles. The Kier molecular flexibility index (Phi) is 3.19. The molecule has 9 nitrogen and oxygen atoms in total. The third kappa shape index (κ3) is 2.50. The summed E-state index contributed by atoms with van der Waals surface area (Å²) >= 11 is 0. The van der Waals surface area contributed by atoms with Crippen LogP contribution in [0.4, 0.5) is 0 Å². The van der Waals surface area contributed by atoms with Crippen LogP contribution in [0.25, 0.3) is 11.6 Å². The van der Waals surface area contributed by atoms with E-state index in [0.717, 1.165) is 25.2 Å². The Morgan fingerprint density at radius 2 is 2.09 bits per heavy atom. The van der Waals surface area contributed by atoms with Gasteiger partial charge in [-0.3, -0.25) is 5.10 Å².